The molecule has 110 valence electrons. The van der Waals surface area contributed by atoms with Crippen molar-refractivity contribution in [3.8, 4) is 0 Å². The number of primary sulfonamides is 1. The highest BCUT2D eigenvalue weighted by molar-refractivity contribution is 7.89. The normalized spacial score (nSPS) is 11.2. The summed E-state index contributed by atoms with van der Waals surface area (Å²) in [5.74, 6) is -1.49. The van der Waals surface area contributed by atoms with Gasteiger partial charge in [0, 0.05) is 11.9 Å². The van der Waals surface area contributed by atoms with Crippen LogP contribution in [0.4, 0.5) is 10.1 Å². The summed E-state index contributed by atoms with van der Waals surface area (Å²) in [6.45, 7) is 0. The highest BCUT2D eigenvalue weighted by Crippen LogP contribution is 2.24. The molecule has 3 N–H and O–H groups in total. The molecule has 2 rings (SSSR count). The molecule has 0 unspecified atom stereocenters. The van der Waals surface area contributed by atoms with Gasteiger partial charge in [0.15, 0.2) is 5.82 Å². The van der Waals surface area contributed by atoms with Crippen LogP contribution >= 0.6 is 11.6 Å². The first-order chi connectivity index (χ1) is 9.79. The summed E-state index contributed by atoms with van der Waals surface area (Å²) in [6.07, 6.45) is 2.18. The minimum absolute atomic E-state index is 0.148. The van der Waals surface area contributed by atoms with Gasteiger partial charge in [0.05, 0.1) is 16.8 Å². The lowest BCUT2D eigenvalue weighted by molar-refractivity contribution is 0.102. The van der Waals surface area contributed by atoms with Crippen molar-refractivity contribution in [3.63, 3.8) is 0 Å². The van der Waals surface area contributed by atoms with Crippen molar-refractivity contribution >= 4 is 33.2 Å². The van der Waals surface area contributed by atoms with Crippen LogP contribution in [0.15, 0.2) is 41.6 Å². The Morgan fingerprint density at radius 1 is 1.33 bits per heavy atom. The number of aromatic nitrogens is 1. The Morgan fingerprint density at radius 3 is 2.62 bits per heavy atom. The van der Waals surface area contributed by atoms with Gasteiger partial charge in [0.2, 0.25) is 10.0 Å². The Labute approximate surface area is 124 Å². The van der Waals surface area contributed by atoms with E-state index in [0.717, 1.165) is 12.3 Å². The molecule has 0 fully saturated rings. The lowest BCUT2D eigenvalue weighted by atomic mass is 10.2. The van der Waals surface area contributed by atoms with Gasteiger partial charge in [-0.05, 0) is 24.3 Å². The third-order valence-corrected chi connectivity index (χ3v) is 3.91. The van der Waals surface area contributed by atoms with Crippen molar-refractivity contribution in [3.05, 3.63) is 53.1 Å². The summed E-state index contributed by atoms with van der Waals surface area (Å²) in [6, 6.07) is 4.86. The Bertz CT molecular complexity index is 811. The molecule has 21 heavy (non-hydrogen) atoms. The number of carbonyl (C=O) groups is 1. The van der Waals surface area contributed by atoms with Crippen LogP contribution in [0.25, 0.3) is 0 Å². The van der Waals surface area contributed by atoms with E-state index in [1.54, 1.807) is 0 Å². The van der Waals surface area contributed by atoms with Gasteiger partial charge in [0.25, 0.3) is 5.91 Å². The Kier molecular flexibility index (Phi) is 4.21. The highest BCUT2D eigenvalue weighted by Gasteiger charge is 2.15. The van der Waals surface area contributed by atoms with Crippen molar-refractivity contribution in [2.24, 2.45) is 5.14 Å². The van der Waals surface area contributed by atoms with Gasteiger partial charge in [-0.25, -0.2) is 17.9 Å². The van der Waals surface area contributed by atoms with E-state index in [-0.39, 0.29) is 21.2 Å². The summed E-state index contributed by atoms with van der Waals surface area (Å²) in [7, 11) is -3.95. The number of nitrogens with zero attached hydrogens (tertiary/aromatic N) is 1. The molecule has 0 saturated heterocycles. The van der Waals surface area contributed by atoms with E-state index in [1.807, 2.05) is 0 Å². The number of hydrogen-bond acceptors (Lipinski definition) is 4. The third-order valence-electron chi connectivity index (χ3n) is 2.51. The monoisotopic (exact) mass is 329 g/mol. The fourth-order valence-electron chi connectivity index (χ4n) is 1.57. The number of benzene rings is 1. The van der Waals surface area contributed by atoms with Crippen LogP contribution in [0.2, 0.25) is 5.02 Å². The molecule has 0 bridgehead atoms. The number of hydrogen-bond donors (Lipinski definition) is 2. The maximum atomic E-state index is 13.4. The fraction of sp³-hybridized carbons (Fsp3) is 0. The van der Waals surface area contributed by atoms with Crippen molar-refractivity contribution in [2.45, 2.75) is 4.90 Å². The van der Waals surface area contributed by atoms with E-state index >= 15 is 0 Å². The van der Waals surface area contributed by atoms with Crippen LogP contribution in [0.5, 0.6) is 0 Å². The summed E-state index contributed by atoms with van der Waals surface area (Å²) < 4.78 is 35.8. The van der Waals surface area contributed by atoms with Gasteiger partial charge < -0.3 is 5.32 Å². The smallest absolute Gasteiger partial charge is 0.258 e. The number of nitrogens with two attached hydrogens (primary N) is 1. The van der Waals surface area contributed by atoms with Crippen LogP contribution in [0.3, 0.4) is 0 Å². The maximum absolute atomic E-state index is 13.4. The molecule has 1 heterocycles. The predicted octanol–water partition coefficient (Wildman–Crippen LogP) is 1.77. The lowest BCUT2D eigenvalue weighted by Crippen LogP contribution is -2.15. The zero-order valence-electron chi connectivity index (χ0n) is 10.4. The summed E-state index contributed by atoms with van der Waals surface area (Å²) in [5, 5.41) is 7.21. The Morgan fingerprint density at radius 2 is 2.05 bits per heavy atom. The van der Waals surface area contributed by atoms with E-state index in [1.165, 1.54) is 24.4 Å². The molecular formula is C12H9ClFN3O3S. The molecule has 9 heteroatoms. The number of rotatable bonds is 3. The van der Waals surface area contributed by atoms with E-state index < -0.39 is 21.7 Å². The van der Waals surface area contributed by atoms with Gasteiger partial charge >= 0.3 is 0 Å². The van der Waals surface area contributed by atoms with Crippen LogP contribution in [-0.4, -0.2) is 19.3 Å². The molecule has 1 amide bonds. The molecule has 1 aromatic heterocycles. The lowest BCUT2D eigenvalue weighted by Gasteiger charge is -2.08. The van der Waals surface area contributed by atoms with Gasteiger partial charge in [0.1, 0.15) is 4.90 Å². The summed E-state index contributed by atoms with van der Waals surface area (Å²) >= 11 is 5.78. The molecule has 0 aliphatic carbocycles. The van der Waals surface area contributed by atoms with Crippen LogP contribution in [0.1, 0.15) is 10.4 Å². The standard InChI is InChI=1S/C12H9ClFN3O3S/c13-9-5-7(1-2-11(9)21(15,19)20)17-12(18)8-3-4-16-6-10(8)14/h1-6H,(H,17,18)(H2,15,19,20). The SMILES string of the molecule is NS(=O)(=O)c1ccc(NC(=O)c2ccncc2F)cc1Cl. The average molecular weight is 330 g/mol. The average Bonchev–Trinajstić information content (AvgIpc) is 2.37. The number of amides is 1. The quantitative estimate of drug-likeness (QED) is 0.895. The minimum atomic E-state index is -3.95. The highest BCUT2D eigenvalue weighted by atomic mass is 35.5. The van der Waals surface area contributed by atoms with Crippen molar-refractivity contribution < 1.29 is 17.6 Å². The largest absolute Gasteiger partial charge is 0.322 e. The number of anilines is 1. The van der Waals surface area contributed by atoms with Crippen molar-refractivity contribution in [2.75, 3.05) is 5.32 Å². The Hall–Kier alpha value is -2.03. The van der Waals surface area contributed by atoms with Crippen molar-refractivity contribution in [1.29, 1.82) is 0 Å². The molecule has 0 saturated carbocycles. The number of halogens is 2. The van der Waals surface area contributed by atoms with Crippen LogP contribution < -0.4 is 10.5 Å². The van der Waals surface area contributed by atoms with E-state index in [2.05, 4.69) is 10.3 Å². The first-order valence-corrected chi connectivity index (χ1v) is 7.44. The van der Waals surface area contributed by atoms with Gasteiger partial charge in [-0.2, -0.15) is 0 Å². The molecule has 0 atom stereocenters. The van der Waals surface area contributed by atoms with Crippen molar-refractivity contribution in [1.82, 2.24) is 4.98 Å². The molecular weight excluding hydrogens is 321 g/mol. The second-order valence-corrected chi connectivity index (χ2v) is 5.94. The fourth-order valence-corrected chi connectivity index (χ4v) is 2.66. The summed E-state index contributed by atoms with van der Waals surface area (Å²) in [5.41, 5.74) is 0.00487. The summed E-state index contributed by atoms with van der Waals surface area (Å²) in [4.78, 5) is 15.1. The number of sulfonamides is 1. The molecule has 2 aromatic rings. The number of nitrogens with one attached hydrogen (secondary N) is 1. The molecule has 0 radical (unpaired) electrons. The van der Waals surface area contributed by atoms with Gasteiger partial charge in [-0.1, -0.05) is 11.6 Å². The molecule has 0 aliphatic rings. The second-order valence-electron chi connectivity index (χ2n) is 4.00. The minimum Gasteiger partial charge on any atom is -0.322 e. The zero-order valence-corrected chi connectivity index (χ0v) is 12.0. The third kappa shape index (κ3) is 3.54. The maximum Gasteiger partial charge on any atom is 0.258 e. The second kappa shape index (κ2) is 5.76. The molecule has 6 nitrogen and oxygen atoms in total. The number of carbonyl (C=O) groups excluding carboxylic acids is 1. The van der Waals surface area contributed by atoms with Crippen LogP contribution in [0, 0.1) is 5.82 Å². The first-order valence-electron chi connectivity index (χ1n) is 5.52. The first kappa shape index (κ1) is 15.4. The van der Waals surface area contributed by atoms with Crippen LogP contribution in [-0.2, 0) is 10.0 Å². The molecule has 1 aromatic carbocycles. The Balaban J connectivity index is 2.27. The molecule has 0 spiro atoms. The predicted molar refractivity (Wildman–Crippen MR) is 75.0 cm³/mol. The van der Waals surface area contributed by atoms with E-state index in [4.69, 9.17) is 16.7 Å². The zero-order chi connectivity index (χ0) is 15.6. The van der Waals surface area contributed by atoms with Gasteiger partial charge in [-0.15, -0.1) is 0 Å². The number of pyridine rings is 1. The van der Waals surface area contributed by atoms with Gasteiger partial charge in [-0.3, -0.25) is 9.78 Å². The van der Waals surface area contributed by atoms with E-state index in [0.29, 0.717) is 0 Å². The molecule has 0 aliphatic heterocycles. The van der Waals surface area contributed by atoms with E-state index in [9.17, 15) is 17.6 Å². The topological polar surface area (TPSA) is 102 Å².